The van der Waals surface area contributed by atoms with Gasteiger partial charge < -0.3 is 19.4 Å². The predicted octanol–water partition coefficient (Wildman–Crippen LogP) is 2.83. The summed E-state index contributed by atoms with van der Waals surface area (Å²) in [5, 5.41) is 2.81. The zero-order valence-corrected chi connectivity index (χ0v) is 14.1. The van der Waals surface area contributed by atoms with Crippen molar-refractivity contribution < 1.29 is 13.9 Å². The molecule has 0 bridgehead atoms. The minimum Gasteiger partial charge on any atom is -0.444 e. The van der Waals surface area contributed by atoms with Crippen LogP contribution in [0.1, 0.15) is 10.4 Å². The summed E-state index contributed by atoms with van der Waals surface area (Å²) in [5.41, 5.74) is 2.45. The van der Waals surface area contributed by atoms with Gasteiger partial charge in [-0.1, -0.05) is 12.1 Å². The highest BCUT2D eigenvalue weighted by Crippen LogP contribution is 2.20. The fourth-order valence-corrected chi connectivity index (χ4v) is 2.80. The molecule has 3 heterocycles. The highest BCUT2D eigenvalue weighted by atomic mass is 16.5. The Labute approximate surface area is 150 Å². The van der Waals surface area contributed by atoms with E-state index in [1.807, 2.05) is 24.3 Å². The highest BCUT2D eigenvalue weighted by Gasteiger charge is 2.12. The van der Waals surface area contributed by atoms with Crippen molar-refractivity contribution in [2.24, 2.45) is 0 Å². The predicted molar refractivity (Wildman–Crippen MR) is 97.2 cm³/mol. The van der Waals surface area contributed by atoms with Crippen molar-refractivity contribution in [3.05, 3.63) is 60.7 Å². The van der Waals surface area contributed by atoms with Crippen molar-refractivity contribution in [2.45, 2.75) is 0 Å². The smallest absolute Gasteiger partial charge is 0.256 e. The summed E-state index contributed by atoms with van der Waals surface area (Å²) in [5.74, 6) is 0.976. The summed E-state index contributed by atoms with van der Waals surface area (Å²) in [7, 11) is 0. The molecular formula is C19H18N4O3. The minimum absolute atomic E-state index is 0.208. The summed E-state index contributed by atoms with van der Waals surface area (Å²) < 4.78 is 10.6. The molecule has 0 spiro atoms. The standard InChI is InChI=1S/C19H18N4O3/c24-19(15-3-1-14(2-4-15)17-12-20-13-26-17)22-18-6-5-16(11-21-18)23-7-9-25-10-8-23/h1-6,11-13H,7-10H2,(H,21,22,24). The second kappa shape index (κ2) is 7.37. The Balaban J connectivity index is 1.41. The van der Waals surface area contributed by atoms with Crippen LogP contribution in [-0.2, 0) is 4.74 Å². The van der Waals surface area contributed by atoms with Crippen LogP contribution in [-0.4, -0.2) is 42.2 Å². The number of rotatable bonds is 4. The lowest BCUT2D eigenvalue weighted by atomic mass is 10.1. The lowest BCUT2D eigenvalue weighted by molar-refractivity contribution is 0.102. The van der Waals surface area contributed by atoms with Gasteiger partial charge in [-0.2, -0.15) is 0 Å². The van der Waals surface area contributed by atoms with E-state index in [1.54, 1.807) is 24.5 Å². The Morgan fingerprint density at radius 2 is 1.85 bits per heavy atom. The molecule has 3 aromatic rings. The normalized spacial score (nSPS) is 14.2. The molecule has 1 amide bonds. The number of morpholine rings is 1. The topological polar surface area (TPSA) is 80.5 Å². The number of aromatic nitrogens is 2. The molecule has 0 unspecified atom stereocenters. The number of nitrogens with zero attached hydrogens (tertiary/aromatic N) is 3. The number of amides is 1. The quantitative estimate of drug-likeness (QED) is 0.779. The van der Waals surface area contributed by atoms with E-state index in [0.717, 1.165) is 37.6 Å². The molecular weight excluding hydrogens is 332 g/mol. The van der Waals surface area contributed by atoms with Crippen LogP contribution in [0.25, 0.3) is 11.3 Å². The molecule has 1 fully saturated rings. The van der Waals surface area contributed by atoms with E-state index in [2.05, 4.69) is 20.2 Å². The summed E-state index contributed by atoms with van der Waals surface area (Å²) in [6.45, 7) is 3.15. The van der Waals surface area contributed by atoms with Gasteiger partial charge in [-0.25, -0.2) is 9.97 Å². The second-order valence-corrected chi connectivity index (χ2v) is 5.90. The summed E-state index contributed by atoms with van der Waals surface area (Å²) in [4.78, 5) is 22.8. The lowest BCUT2D eigenvalue weighted by Crippen LogP contribution is -2.36. The molecule has 0 radical (unpaired) electrons. The number of ether oxygens (including phenoxy) is 1. The van der Waals surface area contributed by atoms with Crippen LogP contribution in [0.2, 0.25) is 0 Å². The zero-order chi connectivity index (χ0) is 17.8. The van der Waals surface area contributed by atoms with Crippen molar-refractivity contribution in [1.29, 1.82) is 0 Å². The average Bonchev–Trinajstić information content (AvgIpc) is 3.24. The Hall–Kier alpha value is -3.19. The van der Waals surface area contributed by atoms with Crippen LogP contribution in [0.3, 0.4) is 0 Å². The number of hydrogen-bond acceptors (Lipinski definition) is 6. The third kappa shape index (κ3) is 3.57. The molecule has 2 aromatic heterocycles. The molecule has 4 rings (SSSR count). The second-order valence-electron chi connectivity index (χ2n) is 5.90. The van der Waals surface area contributed by atoms with E-state index in [0.29, 0.717) is 17.1 Å². The number of anilines is 2. The van der Waals surface area contributed by atoms with Gasteiger partial charge in [0.05, 0.1) is 31.3 Å². The first-order valence-electron chi connectivity index (χ1n) is 8.38. The Bertz CT molecular complexity index is 855. The zero-order valence-electron chi connectivity index (χ0n) is 14.1. The molecule has 0 atom stereocenters. The number of carbonyl (C=O) groups is 1. The van der Waals surface area contributed by atoms with E-state index < -0.39 is 0 Å². The summed E-state index contributed by atoms with van der Waals surface area (Å²) >= 11 is 0. The van der Waals surface area contributed by atoms with Crippen LogP contribution < -0.4 is 10.2 Å². The first kappa shape index (κ1) is 16.3. The summed E-state index contributed by atoms with van der Waals surface area (Å²) in [6.07, 6.45) is 4.78. The van der Waals surface area contributed by atoms with Gasteiger partial charge in [0.25, 0.3) is 5.91 Å². The Kier molecular flexibility index (Phi) is 4.61. The first-order chi connectivity index (χ1) is 12.8. The van der Waals surface area contributed by atoms with Crippen LogP contribution in [0, 0.1) is 0 Å². The largest absolute Gasteiger partial charge is 0.444 e. The molecule has 0 saturated carbocycles. The van der Waals surface area contributed by atoms with Crippen molar-refractivity contribution in [1.82, 2.24) is 9.97 Å². The highest BCUT2D eigenvalue weighted by molar-refractivity contribution is 6.04. The maximum Gasteiger partial charge on any atom is 0.256 e. The summed E-state index contributed by atoms with van der Waals surface area (Å²) in [6, 6.07) is 10.9. The number of hydrogen-bond donors (Lipinski definition) is 1. The van der Waals surface area contributed by atoms with Crippen LogP contribution in [0.5, 0.6) is 0 Å². The van der Waals surface area contributed by atoms with Crippen LogP contribution in [0.4, 0.5) is 11.5 Å². The molecule has 7 nitrogen and oxygen atoms in total. The van der Waals surface area contributed by atoms with Gasteiger partial charge in [-0.05, 0) is 24.3 Å². The van der Waals surface area contributed by atoms with Crippen LogP contribution in [0.15, 0.2) is 59.6 Å². The maximum atomic E-state index is 12.4. The van der Waals surface area contributed by atoms with E-state index >= 15 is 0 Å². The SMILES string of the molecule is O=C(Nc1ccc(N2CCOCC2)cn1)c1ccc(-c2cnco2)cc1. The molecule has 1 aromatic carbocycles. The Morgan fingerprint density at radius 3 is 2.50 bits per heavy atom. The molecule has 132 valence electrons. The fourth-order valence-electron chi connectivity index (χ4n) is 2.80. The monoisotopic (exact) mass is 350 g/mol. The van der Waals surface area contributed by atoms with Crippen molar-refractivity contribution in [2.75, 3.05) is 36.5 Å². The van der Waals surface area contributed by atoms with Gasteiger partial charge in [0.2, 0.25) is 0 Å². The number of carbonyl (C=O) groups excluding carboxylic acids is 1. The van der Waals surface area contributed by atoms with E-state index in [1.165, 1.54) is 6.39 Å². The number of pyridine rings is 1. The van der Waals surface area contributed by atoms with E-state index in [9.17, 15) is 4.79 Å². The average molecular weight is 350 g/mol. The molecule has 7 heteroatoms. The van der Waals surface area contributed by atoms with Gasteiger partial charge in [0.15, 0.2) is 12.2 Å². The van der Waals surface area contributed by atoms with Gasteiger partial charge in [-0.15, -0.1) is 0 Å². The Morgan fingerprint density at radius 1 is 1.04 bits per heavy atom. The minimum atomic E-state index is -0.208. The van der Waals surface area contributed by atoms with Crippen molar-refractivity contribution in [3.63, 3.8) is 0 Å². The molecule has 1 N–H and O–H groups in total. The number of benzene rings is 1. The molecule has 0 aliphatic carbocycles. The molecule has 26 heavy (non-hydrogen) atoms. The van der Waals surface area contributed by atoms with Crippen LogP contribution >= 0.6 is 0 Å². The third-order valence-electron chi connectivity index (χ3n) is 4.23. The van der Waals surface area contributed by atoms with E-state index in [-0.39, 0.29) is 5.91 Å². The van der Waals surface area contributed by atoms with E-state index in [4.69, 9.17) is 9.15 Å². The number of oxazole rings is 1. The lowest BCUT2D eigenvalue weighted by Gasteiger charge is -2.28. The molecule has 1 saturated heterocycles. The van der Waals surface area contributed by atoms with Gasteiger partial charge >= 0.3 is 0 Å². The third-order valence-corrected chi connectivity index (χ3v) is 4.23. The maximum absolute atomic E-state index is 12.4. The molecule has 1 aliphatic heterocycles. The van der Waals surface area contributed by atoms with Crippen molar-refractivity contribution >= 4 is 17.4 Å². The first-order valence-corrected chi connectivity index (χ1v) is 8.38. The van der Waals surface area contributed by atoms with Gasteiger partial charge in [0, 0.05) is 24.2 Å². The molecule has 1 aliphatic rings. The number of nitrogens with one attached hydrogen (secondary N) is 1. The van der Waals surface area contributed by atoms with Gasteiger partial charge in [-0.3, -0.25) is 4.79 Å². The van der Waals surface area contributed by atoms with Gasteiger partial charge in [0.1, 0.15) is 5.82 Å². The fraction of sp³-hybridized carbons (Fsp3) is 0.211. The van der Waals surface area contributed by atoms with Crippen molar-refractivity contribution in [3.8, 4) is 11.3 Å².